The number of methoxy groups -OCH3 is 1. The number of piperazine rings is 1. The van der Waals surface area contributed by atoms with Crippen LogP contribution in [0.5, 0.6) is 5.75 Å². The summed E-state index contributed by atoms with van der Waals surface area (Å²) in [5.41, 5.74) is 4.94. The van der Waals surface area contributed by atoms with Gasteiger partial charge in [-0.3, -0.25) is 9.80 Å². The maximum absolute atomic E-state index is 9.36. The third kappa shape index (κ3) is 5.40. The Kier molecular flexibility index (Phi) is 6.85. The van der Waals surface area contributed by atoms with E-state index in [0.717, 1.165) is 55.2 Å². The lowest BCUT2D eigenvalue weighted by Gasteiger charge is -2.33. The molecule has 2 heterocycles. The molecule has 0 radical (unpaired) electrons. The summed E-state index contributed by atoms with van der Waals surface area (Å²) in [7, 11) is 1.65. The zero-order valence-corrected chi connectivity index (χ0v) is 19.7. The molecule has 7 heteroatoms. The summed E-state index contributed by atoms with van der Waals surface area (Å²) in [6.45, 7) is 5.44. The Hall–Kier alpha value is -3.99. The second kappa shape index (κ2) is 10.5. The van der Waals surface area contributed by atoms with Crippen LogP contribution >= 0.6 is 0 Å². The Morgan fingerprint density at radius 3 is 2.20 bits per heavy atom. The molecule has 1 aliphatic rings. The van der Waals surface area contributed by atoms with Crippen molar-refractivity contribution in [1.82, 2.24) is 19.9 Å². The van der Waals surface area contributed by atoms with E-state index in [1.807, 2.05) is 48.5 Å². The van der Waals surface area contributed by atoms with Gasteiger partial charge in [0.2, 0.25) is 11.7 Å². The number of hydrogen-bond donors (Lipinski definition) is 0. The molecule has 0 amide bonds. The highest BCUT2D eigenvalue weighted by atomic mass is 16.5. The average molecular weight is 466 g/mol. The van der Waals surface area contributed by atoms with E-state index >= 15 is 0 Å². The van der Waals surface area contributed by atoms with Crippen molar-refractivity contribution < 1.29 is 9.26 Å². The Labute approximate surface area is 205 Å². The van der Waals surface area contributed by atoms with Crippen molar-refractivity contribution in [2.75, 3.05) is 33.3 Å². The number of nitrogens with zero attached hydrogens (tertiary/aromatic N) is 5. The molecule has 7 nitrogen and oxygen atoms in total. The number of benzene rings is 3. The molecule has 0 bridgehead atoms. The molecule has 0 aliphatic carbocycles. The van der Waals surface area contributed by atoms with Crippen LogP contribution in [-0.4, -0.2) is 53.2 Å². The molecule has 1 saturated heterocycles. The molecule has 35 heavy (non-hydrogen) atoms. The summed E-state index contributed by atoms with van der Waals surface area (Å²) in [6, 6.07) is 26.2. The van der Waals surface area contributed by atoms with Gasteiger partial charge >= 0.3 is 0 Å². The Morgan fingerprint density at radius 2 is 1.51 bits per heavy atom. The number of aromatic nitrogens is 2. The zero-order valence-electron chi connectivity index (χ0n) is 19.7. The summed E-state index contributed by atoms with van der Waals surface area (Å²) in [5, 5.41) is 13.5. The van der Waals surface area contributed by atoms with E-state index in [1.54, 1.807) is 7.11 Å². The Balaban J connectivity index is 1.13. The lowest BCUT2D eigenvalue weighted by molar-refractivity contribution is 0.112. The van der Waals surface area contributed by atoms with E-state index in [1.165, 1.54) is 5.56 Å². The van der Waals surface area contributed by atoms with Gasteiger partial charge in [-0.25, -0.2) is 0 Å². The summed E-state index contributed by atoms with van der Waals surface area (Å²) in [5.74, 6) is 2.04. The van der Waals surface area contributed by atoms with Crippen LogP contribution in [0.4, 0.5) is 0 Å². The summed E-state index contributed by atoms with van der Waals surface area (Å²) in [6.07, 6.45) is 0. The predicted molar refractivity (Wildman–Crippen MR) is 133 cm³/mol. The maximum Gasteiger partial charge on any atom is 0.241 e. The smallest absolute Gasteiger partial charge is 0.241 e. The maximum atomic E-state index is 9.36. The molecule has 0 unspecified atom stereocenters. The van der Waals surface area contributed by atoms with Gasteiger partial charge in [0.1, 0.15) is 5.75 Å². The largest absolute Gasteiger partial charge is 0.497 e. The van der Waals surface area contributed by atoms with Gasteiger partial charge < -0.3 is 9.26 Å². The van der Waals surface area contributed by atoms with E-state index in [4.69, 9.17) is 9.26 Å². The van der Waals surface area contributed by atoms with Gasteiger partial charge in [0, 0.05) is 38.3 Å². The Bertz CT molecular complexity index is 1300. The minimum absolute atomic E-state index is 0.599. The lowest BCUT2D eigenvalue weighted by atomic mass is 9.99. The fraction of sp³-hybridized carbons (Fsp3) is 0.250. The Morgan fingerprint density at radius 1 is 0.857 bits per heavy atom. The van der Waals surface area contributed by atoms with Crippen molar-refractivity contribution in [3.63, 3.8) is 0 Å². The summed E-state index contributed by atoms with van der Waals surface area (Å²) >= 11 is 0. The number of nitriles is 1. The van der Waals surface area contributed by atoms with Gasteiger partial charge in [-0.15, -0.1) is 0 Å². The molecule has 5 rings (SSSR count). The topological polar surface area (TPSA) is 78.4 Å². The van der Waals surface area contributed by atoms with Crippen LogP contribution in [0.2, 0.25) is 0 Å². The standard InChI is InChI=1S/C28H27N5O2/c1-34-25-12-10-23(11-13-25)28-30-27(35-31-28)20-33-16-14-32(15-17-33)19-21-6-8-22(9-7-21)26-5-3-2-4-24(26)18-29/h2-13H,14-17,19-20H2,1H3. The lowest BCUT2D eigenvalue weighted by Crippen LogP contribution is -2.45. The van der Waals surface area contributed by atoms with Gasteiger partial charge in [0.05, 0.1) is 25.3 Å². The van der Waals surface area contributed by atoms with Crippen LogP contribution in [0, 0.1) is 11.3 Å². The first-order chi connectivity index (χ1) is 17.2. The SMILES string of the molecule is COc1ccc(-c2noc(CN3CCN(Cc4ccc(-c5ccccc5C#N)cc4)CC3)n2)cc1. The molecule has 1 aromatic heterocycles. The van der Waals surface area contributed by atoms with Crippen LogP contribution in [0.1, 0.15) is 17.0 Å². The minimum Gasteiger partial charge on any atom is -0.497 e. The van der Waals surface area contributed by atoms with Gasteiger partial charge in [-0.2, -0.15) is 10.2 Å². The third-order valence-electron chi connectivity index (χ3n) is 6.36. The highest BCUT2D eigenvalue weighted by Gasteiger charge is 2.20. The van der Waals surface area contributed by atoms with E-state index in [2.05, 4.69) is 50.3 Å². The molecule has 1 aliphatic heterocycles. The molecule has 0 spiro atoms. The molecule has 3 aromatic carbocycles. The molecule has 0 N–H and O–H groups in total. The third-order valence-corrected chi connectivity index (χ3v) is 6.36. The van der Waals surface area contributed by atoms with Crippen molar-refractivity contribution in [1.29, 1.82) is 5.26 Å². The molecule has 1 fully saturated rings. The van der Waals surface area contributed by atoms with Crippen molar-refractivity contribution >= 4 is 0 Å². The average Bonchev–Trinajstić information content (AvgIpc) is 3.39. The molecule has 176 valence electrons. The molecular formula is C28H27N5O2. The fourth-order valence-electron chi connectivity index (χ4n) is 4.35. The van der Waals surface area contributed by atoms with Crippen molar-refractivity contribution in [3.8, 4) is 34.3 Å². The van der Waals surface area contributed by atoms with Crippen LogP contribution in [0.15, 0.2) is 77.3 Å². The second-order valence-electron chi connectivity index (χ2n) is 8.65. The molecule has 0 saturated carbocycles. The second-order valence-corrected chi connectivity index (χ2v) is 8.65. The van der Waals surface area contributed by atoms with Gasteiger partial charge in [0.25, 0.3) is 0 Å². The van der Waals surface area contributed by atoms with E-state index in [9.17, 15) is 5.26 Å². The first kappa shape index (κ1) is 22.8. The number of hydrogen-bond acceptors (Lipinski definition) is 7. The van der Waals surface area contributed by atoms with Crippen molar-refractivity contribution in [2.24, 2.45) is 0 Å². The molecular weight excluding hydrogens is 438 g/mol. The van der Waals surface area contributed by atoms with Crippen molar-refractivity contribution in [2.45, 2.75) is 13.1 Å². The number of ether oxygens (including phenoxy) is 1. The van der Waals surface area contributed by atoms with E-state index in [-0.39, 0.29) is 0 Å². The zero-order chi connectivity index (χ0) is 24.0. The van der Waals surface area contributed by atoms with Crippen LogP contribution in [0.25, 0.3) is 22.5 Å². The highest BCUT2D eigenvalue weighted by Crippen LogP contribution is 2.24. The van der Waals surface area contributed by atoms with Gasteiger partial charge in [0.15, 0.2) is 0 Å². The molecule has 0 atom stereocenters. The first-order valence-corrected chi connectivity index (χ1v) is 11.7. The highest BCUT2D eigenvalue weighted by molar-refractivity contribution is 5.70. The predicted octanol–water partition coefficient (Wildman–Crippen LogP) is 4.60. The first-order valence-electron chi connectivity index (χ1n) is 11.7. The van der Waals surface area contributed by atoms with Crippen LogP contribution in [-0.2, 0) is 13.1 Å². The summed E-state index contributed by atoms with van der Waals surface area (Å²) in [4.78, 5) is 9.38. The van der Waals surface area contributed by atoms with E-state index in [0.29, 0.717) is 23.8 Å². The normalized spacial score (nSPS) is 14.5. The molecule has 4 aromatic rings. The minimum atomic E-state index is 0.599. The summed E-state index contributed by atoms with van der Waals surface area (Å²) < 4.78 is 10.7. The van der Waals surface area contributed by atoms with Crippen LogP contribution in [0.3, 0.4) is 0 Å². The van der Waals surface area contributed by atoms with Gasteiger partial charge in [-0.1, -0.05) is 47.6 Å². The van der Waals surface area contributed by atoms with Crippen LogP contribution < -0.4 is 4.74 Å². The van der Waals surface area contributed by atoms with Gasteiger partial charge in [-0.05, 0) is 47.0 Å². The monoisotopic (exact) mass is 465 g/mol. The fourth-order valence-corrected chi connectivity index (χ4v) is 4.35. The van der Waals surface area contributed by atoms with Crippen molar-refractivity contribution in [3.05, 3.63) is 89.8 Å². The number of rotatable bonds is 7. The van der Waals surface area contributed by atoms with E-state index < -0.39 is 0 Å². The quantitative estimate of drug-likeness (QED) is 0.395.